The van der Waals surface area contributed by atoms with E-state index in [0.717, 1.165) is 16.7 Å². The van der Waals surface area contributed by atoms with Crippen LogP contribution >= 0.6 is 15.9 Å². The van der Waals surface area contributed by atoms with Crippen LogP contribution < -0.4 is 4.74 Å². The summed E-state index contributed by atoms with van der Waals surface area (Å²) in [5, 5.41) is 0. The Kier molecular flexibility index (Phi) is 2.92. The second-order valence-corrected chi connectivity index (χ2v) is 4.77. The van der Waals surface area contributed by atoms with Crippen molar-refractivity contribution >= 4 is 21.5 Å². The molecule has 2 aromatic rings. The Bertz CT molecular complexity index is 580. The number of hydrogen-bond acceptors (Lipinski definition) is 1. The number of hydrogen-bond donors (Lipinski definition) is 0. The smallest absolute Gasteiger partial charge is 0.174 e. The number of ether oxygens (including phenoxy) is 1. The van der Waals surface area contributed by atoms with Crippen molar-refractivity contribution in [2.45, 2.75) is 6.61 Å². The van der Waals surface area contributed by atoms with Gasteiger partial charge in [0.2, 0.25) is 0 Å². The summed E-state index contributed by atoms with van der Waals surface area (Å²) in [6, 6.07) is 15.2. The normalized spacial score (nSPS) is 16.1. The van der Waals surface area contributed by atoms with Gasteiger partial charge in [0.25, 0.3) is 0 Å². The second-order valence-electron chi connectivity index (χ2n) is 4.08. The minimum atomic E-state index is -0.368. The largest absolute Gasteiger partial charge is 0.488 e. The summed E-state index contributed by atoms with van der Waals surface area (Å²) in [6.07, 6.45) is 0. The van der Waals surface area contributed by atoms with Gasteiger partial charge in [-0.15, -0.1) is 0 Å². The summed E-state index contributed by atoms with van der Waals surface area (Å²) >= 11 is 2.97. The standard InChI is InChI=1S/C15H10BrFO/c16-15(17)14-11-6-2-1-5-10(11)9-18-13-8-4-3-7-12(13)14/h1-8H,9H2. The predicted octanol–water partition coefficient (Wildman–Crippen LogP) is 4.66. The van der Waals surface area contributed by atoms with Gasteiger partial charge in [0.05, 0.1) is 0 Å². The average molecular weight is 305 g/mol. The van der Waals surface area contributed by atoms with Gasteiger partial charge in [-0.25, -0.2) is 0 Å². The Morgan fingerprint density at radius 3 is 2.44 bits per heavy atom. The Hall–Kier alpha value is -1.61. The molecular formula is C15H10BrFO. The molecule has 3 heteroatoms. The first-order valence-electron chi connectivity index (χ1n) is 5.63. The second kappa shape index (κ2) is 4.58. The Labute approximate surface area is 113 Å². The van der Waals surface area contributed by atoms with Crippen LogP contribution in [0.5, 0.6) is 5.75 Å². The molecule has 1 nitrogen and oxygen atoms in total. The summed E-state index contributed by atoms with van der Waals surface area (Å²) in [5.74, 6) is 0.707. The maximum absolute atomic E-state index is 13.9. The van der Waals surface area contributed by atoms with Crippen LogP contribution in [0, 0.1) is 0 Å². The van der Waals surface area contributed by atoms with Crippen molar-refractivity contribution in [3.05, 3.63) is 70.0 Å². The average Bonchev–Trinajstić information content (AvgIpc) is 2.55. The zero-order chi connectivity index (χ0) is 12.5. The van der Waals surface area contributed by atoms with Gasteiger partial charge in [0.1, 0.15) is 12.4 Å². The van der Waals surface area contributed by atoms with Crippen LogP contribution in [0.2, 0.25) is 0 Å². The first-order chi connectivity index (χ1) is 8.77. The molecule has 0 bridgehead atoms. The highest BCUT2D eigenvalue weighted by atomic mass is 79.9. The molecule has 0 unspecified atom stereocenters. The fraction of sp³-hybridized carbons (Fsp3) is 0.0667. The molecule has 1 heterocycles. The zero-order valence-corrected chi connectivity index (χ0v) is 11.1. The molecule has 0 spiro atoms. The minimum Gasteiger partial charge on any atom is -0.488 e. The SMILES string of the molecule is FC(Br)=C1c2ccccc2COc2ccccc21. The van der Waals surface area contributed by atoms with E-state index in [-0.39, 0.29) is 4.74 Å². The Morgan fingerprint density at radius 2 is 1.67 bits per heavy atom. The number of fused-ring (bicyclic) bond motifs is 2. The van der Waals surface area contributed by atoms with E-state index in [0.29, 0.717) is 17.9 Å². The Morgan fingerprint density at radius 1 is 1.00 bits per heavy atom. The van der Waals surface area contributed by atoms with Crippen LogP contribution in [-0.2, 0) is 6.61 Å². The van der Waals surface area contributed by atoms with Gasteiger partial charge in [0, 0.05) is 11.1 Å². The van der Waals surface area contributed by atoms with Crippen LogP contribution in [0.3, 0.4) is 0 Å². The lowest BCUT2D eigenvalue weighted by Gasteiger charge is -2.09. The summed E-state index contributed by atoms with van der Waals surface area (Å²) in [4.78, 5) is 0. The van der Waals surface area contributed by atoms with E-state index in [2.05, 4.69) is 15.9 Å². The fourth-order valence-electron chi connectivity index (χ4n) is 2.19. The summed E-state index contributed by atoms with van der Waals surface area (Å²) in [6.45, 7) is 0.455. The molecule has 0 saturated heterocycles. The summed E-state index contributed by atoms with van der Waals surface area (Å²) in [7, 11) is 0. The van der Waals surface area contributed by atoms with Crippen LogP contribution in [0.15, 0.2) is 53.3 Å². The molecule has 0 aromatic heterocycles. The van der Waals surface area contributed by atoms with Crippen LogP contribution in [0.1, 0.15) is 16.7 Å². The topological polar surface area (TPSA) is 9.23 Å². The van der Waals surface area contributed by atoms with E-state index in [9.17, 15) is 4.39 Å². The lowest BCUT2D eigenvalue weighted by Crippen LogP contribution is -1.94. The van der Waals surface area contributed by atoms with E-state index in [1.54, 1.807) is 0 Å². The van der Waals surface area contributed by atoms with Gasteiger partial charge in [0.15, 0.2) is 4.74 Å². The van der Waals surface area contributed by atoms with Gasteiger partial charge in [-0.3, -0.25) is 0 Å². The highest BCUT2D eigenvalue weighted by Gasteiger charge is 2.21. The zero-order valence-electron chi connectivity index (χ0n) is 9.49. The van der Waals surface area contributed by atoms with Gasteiger partial charge >= 0.3 is 0 Å². The van der Waals surface area contributed by atoms with Crippen molar-refractivity contribution in [2.75, 3.05) is 0 Å². The molecule has 0 atom stereocenters. The van der Waals surface area contributed by atoms with Crippen molar-refractivity contribution in [3.63, 3.8) is 0 Å². The summed E-state index contributed by atoms with van der Waals surface area (Å²) in [5.41, 5.74) is 3.19. The monoisotopic (exact) mass is 304 g/mol. The molecule has 3 rings (SSSR count). The lowest BCUT2D eigenvalue weighted by atomic mass is 9.96. The van der Waals surface area contributed by atoms with E-state index < -0.39 is 0 Å². The number of benzene rings is 2. The van der Waals surface area contributed by atoms with Crippen LogP contribution in [-0.4, -0.2) is 0 Å². The maximum Gasteiger partial charge on any atom is 0.174 e. The highest BCUT2D eigenvalue weighted by molar-refractivity contribution is 9.11. The van der Waals surface area contributed by atoms with Crippen LogP contribution in [0.25, 0.3) is 5.57 Å². The van der Waals surface area contributed by atoms with Crippen LogP contribution in [0.4, 0.5) is 4.39 Å². The fourth-order valence-corrected chi connectivity index (χ4v) is 2.62. The lowest BCUT2D eigenvalue weighted by molar-refractivity contribution is 0.307. The van der Waals surface area contributed by atoms with Gasteiger partial charge in [-0.2, -0.15) is 4.39 Å². The summed E-state index contributed by atoms with van der Waals surface area (Å²) < 4.78 is 19.2. The molecule has 0 saturated carbocycles. The van der Waals surface area contributed by atoms with Crippen molar-refractivity contribution in [3.8, 4) is 5.75 Å². The van der Waals surface area contributed by atoms with E-state index in [4.69, 9.17) is 4.74 Å². The third-order valence-electron chi connectivity index (χ3n) is 3.02. The molecule has 0 radical (unpaired) electrons. The van der Waals surface area contributed by atoms with Gasteiger partial charge in [-0.1, -0.05) is 42.5 Å². The van der Waals surface area contributed by atoms with E-state index >= 15 is 0 Å². The molecular weight excluding hydrogens is 295 g/mol. The number of halogens is 2. The molecule has 0 aliphatic carbocycles. The molecule has 90 valence electrons. The first-order valence-corrected chi connectivity index (χ1v) is 6.42. The maximum atomic E-state index is 13.9. The molecule has 0 amide bonds. The predicted molar refractivity (Wildman–Crippen MR) is 73.3 cm³/mol. The van der Waals surface area contributed by atoms with Crippen molar-refractivity contribution < 1.29 is 9.13 Å². The number of rotatable bonds is 0. The molecule has 1 aliphatic heterocycles. The van der Waals surface area contributed by atoms with Gasteiger partial charge in [-0.05, 0) is 33.1 Å². The van der Waals surface area contributed by atoms with Crippen molar-refractivity contribution in [2.24, 2.45) is 0 Å². The quantitative estimate of drug-likeness (QED) is 0.688. The van der Waals surface area contributed by atoms with E-state index in [1.807, 2.05) is 48.5 Å². The third kappa shape index (κ3) is 1.85. The van der Waals surface area contributed by atoms with Gasteiger partial charge < -0.3 is 4.74 Å². The molecule has 18 heavy (non-hydrogen) atoms. The molecule has 2 aromatic carbocycles. The van der Waals surface area contributed by atoms with Crippen molar-refractivity contribution in [1.82, 2.24) is 0 Å². The van der Waals surface area contributed by atoms with E-state index in [1.165, 1.54) is 0 Å². The molecule has 1 aliphatic rings. The molecule has 0 fully saturated rings. The third-order valence-corrected chi connectivity index (χ3v) is 3.41. The minimum absolute atomic E-state index is 0.368. The number of para-hydroxylation sites is 1. The Balaban J connectivity index is 2.32. The molecule has 0 N–H and O–H groups in total. The first kappa shape index (κ1) is 11.5. The van der Waals surface area contributed by atoms with Crippen molar-refractivity contribution in [1.29, 1.82) is 0 Å². The highest BCUT2D eigenvalue weighted by Crippen LogP contribution is 2.39.